The fraction of sp³-hybridized carbons (Fsp3) is 0.370. The first kappa shape index (κ1) is 25.5. The van der Waals surface area contributed by atoms with E-state index in [-0.39, 0.29) is 41.9 Å². The lowest BCUT2D eigenvalue weighted by Gasteiger charge is -2.20. The largest absolute Gasteiger partial charge is 0.489 e. The Kier molecular flexibility index (Phi) is 7.17. The number of hydrogen-bond donors (Lipinski definition) is 2. The number of rotatable bonds is 9. The number of fused-ring (bicyclic) bond motifs is 1. The van der Waals surface area contributed by atoms with Crippen molar-refractivity contribution in [2.75, 3.05) is 18.6 Å². The van der Waals surface area contributed by atoms with E-state index in [9.17, 15) is 23.2 Å². The van der Waals surface area contributed by atoms with Gasteiger partial charge in [0.15, 0.2) is 0 Å². The molecule has 1 unspecified atom stereocenters. The molecular formula is C27H27F2N5O4. The minimum absolute atomic E-state index is 0.0234. The van der Waals surface area contributed by atoms with Crippen LogP contribution in [0.2, 0.25) is 0 Å². The fourth-order valence-electron chi connectivity index (χ4n) is 4.38. The number of carbonyl (C=O) groups excluding carboxylic acids is 3. The number of halogens is 2. The molecule has 11 heteroatoms. The molecule has 0 spiro atoms. The highest BCUT2D eigenvalue weighted by Gasteiger charge is 2.32. The highest BCUT2D eigenvalue weighted by atomic mass is 19.1. The first-order valence-electron chi connectivity index (χ1n) is 12.5. The van der Waals surface area contributed by atoms with Crippen LogP contribution in [0.4, 0.5) is 14.5 Å². The van der Waals surface area contributed by atoms with Gasteiger partial charge in [-0.1, -0.05) is 12.1 Å². The van der Waals surface area contributed by atoms with Gasteiger partial charge in [-0.05, 0) is 54.5 Å². The van der Waals surface area contributed by atoms with Crippen molar-refractivity contribution in [1.82, 2.24) is 20.5 Å². The highest BCUT2D eigenvalue weighted by Crippen LogP contribution is 2.34. The van der Waals surface area contributed by atoms with Crippen LogP contribution in [0.1, 0.15) is 53.3 Å². The monoisotopic (exact) mass is 523 g/mol. The number of Topliss-reactive ketones (excluding diaryl/α,β-unsaturated/α-hetero) is 1. The number of aryl methyl sites for hydroxylation is 1. The Morgan fingerprint density at radius 1 is 1.18 bits per heavy atom. The Bertz CT molecular complexity index is 1390. The number of amides is 2. The number of H-pyrrole nitrogens is 1. The molecule has 3 aromatic rings. The minimum atomic E-state index is -1.00. The second kappa shape index (κ2) is 10.7. The van der Waals surface area contributed by atoms with Crippen molar-refractivity contribution in [2.45, 2.75) is 44.6 Å². The van der Waals surface area contributed by atoms with Crippen molar-refractivity contribution in [3.8, 4) is 5.75 Å². The van der Waals surface area contributed by atoms with Crippen LogP contribution in [-0.4, -0.2) is 52.5 Å². The molecule has 1 aliphatic carbocycles. The third kappa shape index (κ3) is 5.87. The Hall–Kier alpha value is -4.15. The molecular weight excluding hydrogens is 496 g/mol. The van der Waals surface area contributed by atoms with Gasteiger partial charge < -0.3 is 15.0 Å². The van der Waals surface area contributed by atoms with Gasteiger partial charge in [0.25, 0.3) is 11.8 Å². The summed E-state index contributed by atoms with van der Waals surface area (Å²) in [5.74, 6) is -1.23. The van der Waals surface area contributed by atoms with Crippen LogP contribution in [0.3, 0.4) is 0 Å². The molecule has 1 saturated carbocycles. The van der Waals surface area contributed by atoms with Crippen molar-refractivity contribution in [3.05, 3.63) is 70.8 Å². The van der Waals surface area contributed by atoms with Gasteiger partial charge in [0.1, 0.15) is 41.6 Å². The summed E-state index contributed by atoms with van der Waals surface area (Å²) in [6, 6.07) is 7.66. The number of aromatic nitrogens is 3. The Balaban J connectivity index is 1.21. The van der Waals surface area contributed by atoms with Crippen molar-refractivity contribution in [1.29, 1.82) is 0 Å². The third-order valence-electron chi connectivity index (χ3n) is 6.74. The second-order valence-corrected chi connectivity index (χ2v) is 9.74. The summed E-state index contributed by atoms with van der Waals surface area (Å²) in [6.07, 6.45) is 3.93. The normalized spacial score (nSPS) is 17.0. The number of nitrogens with zero attached hydrogens (tertiary/aromatic N) is 3. The lowest BCUT2D eigenvalue weighted by molar-refractivity contribution is -0.120. The predicted molar refractivity (Wildman–Crippen MR) is 133 cm³/mol. The molecule has 1 aliphatic heterocycles. The number of hydrogen-bond acceptors (Lipinski definition) is 6. The molecule has 2 aliphatic rings. The van der Waals surface area contributed by atoms with Gasteiger partial charge in [-0.25, -0.2) is 13.8 Å². The Labute approximate surface area is 217 Å². The average molecular weight is 524 g/mol. The number of carbonyl (C=O) groups is 3. The molecule has 5 rings (SSSR count). The molecule has 2 N–H and O–H groups in total. The highest BCUT2D eigenvalue weighted by molar-refractivity contribution is 6.02. The molecule has 38 heavy (non-hydrogen) atoms. The van der Waals surface area contributed by atoms with E-state index >= 15 is 0 Å². The second-order valence-electron chi connectivity index (χ2n) is 9.74. The van der Waals surface area contributed by atoms with E-state index in [1.165, 1.54) is 11.0 Å². The molecule has 198 valence electrons. The van der Waals surface area contributed by atoms with Crippen LogP contribution in [0.5, 0.6) is 5.75 Å². The third-order valence-corrected chi connectivity index (χ3v) is 6.74. The standard InChI is InChI=1S/C27H27F2N5O4/c1-34-22-11-16(4-8-19(35)10-15-2-3-15)5-9-23(22)38-14-21(27(34)37)30-26(36)25-31-24(32-33-25)12-17-6-7-18(28)13-20(17)29/h5-7,9,11,13,15,21H,2-4,8,10,12,14H2,1H3,(H,30,36)(H,31,32,33). The first-order valence-corrected chi connectivity index (χ1v) is 12.5. The van der Waals surface area contributed by atoms with Gasteiger partial charge in [0.2, 0.25) is 5.82 Å². The van der Waals surface area contributed by atoms with Gasteiger partial charge in [-0.15, -0.1) is 5.10 Å². The maximum atomic E-state index is 13.9. The number of benzene rings is 2. The Morgan fingerprint density at radius 3 is 2.76 bits per heavy atom. The number of anilines is 1. The number of nitrogens with one attached hydrogen (secondary N) is 2. The molecule has 0 bridgehead atoms. The molecule has 0 saturated heterocycles. The van der Waals surface area contributed by atoms with E-state index in [0.717, 1.165) is 30.5 Å². The van der Waals surface area contributed by atoms with Crippen molar-refractivity contribution in [2.24, 2.45) is 5.92 Å². The van der Waals surface area contributed by atoms with Crippen LogP contribution < -0.4 is 15.0 Å². The minimum Gasteiger partial charge on any atom is -0.489 e. The van der Waals surface area contributed by atoms with Crippen LogP contribution in [-0.2, 0) is 22.4 Å². The zero-order valence-electron chi connectivity index (χ0n) is 20.8. The summed E-state index contributed by atoms with van der Waals surface area (Å²) in [5.41, 5.74) is 1.66. The number of likely N-dealkylation sites (N-methyl/N-ethyl adjacent to an activating group) is 1. The van der Waals surface area contributed by atoms with E-state index < -0.39 is 23.6 Å². The van der Waals surface area contributed by atoms with Crippen molar-refractivity contribution >= 4 is 23.3 Å². The zero-order valence-corrected chi connectivity index (χ0v) is 20.8. The number of ketones is 1. The first-order chi connectivity index (χ1) is 18.3. The molecule has 1 atom stereocenters. The van der Waals surface area contributed by atoms with Gasteiger partial charge in [0.05, 0.1) is 5.69 Å². The predicted octanol–water partition coefficient (Wildman–Crippen LogP) is 3.13. The SMILES string of the molecule is CN1C(=O)C(NC(=O)c2n[nH]c(Cc3ccc(F)cc3F)n2)COc2ccc(CCC(=O)CC3CC3)cc21. The molecule has 9 nitrogen and oxygen atoms in total. The molecule has 1 fully saturated rings. The van der Waals surface area contributed by atoms with Crippen LogP contribution >= 0.6 is 0 Å². The van der Waals surface area contributed by atoms with E-state index in [4.69, 9.17) is 4.74 Å². The maximum Gasteiger partial charge on any atom is 0.291 e. The summed E-state index contributed by atoms with van der Waals surface area (Å²) in [6.45, 7) is -0.0980. The van der Waals surface area contributed by atoms with E-state index in [1.54, 1.807) is 13.1 Å². The number of ether oxygens (including phenoxy) is 1. The maximum absolute atomic E-state index is 13.9. The number of aromatic amines is 1. The van der Waals surface area contributed by atoms with Crippen molar-refractivity contribution in [3.63, 3.8) is 0 Å². The smallest absolute Gasteiger partial charge is 0.291 e. The van der Waals surface area contributed by atoms with Gasteiger partial charge in [0, 0.05) is 32.4 Å². The van der Waals surface area contributed by atoms with E-state index in [0.29, 0.717) is 36.6 Å². The Morgan fingerprint density at radius 2 is 2.00 bits per heavy atom. The van der Waals surface area contributed by atoms with Crippen LogP contribution in [0, 0.1) is 17.6 Å². The van der Waals surface area contributed by atoms with Gasteiger partial charge >= 0.3 is 0 Å². The van der Waals surface area contributed by atoms with Crippen LogP contribution in [0.15, 0.2) is 36.4 Å². The summed E-state index contributed by atoms with van der Waals surface area (Å²) in [4.78, 5) is 43.6. The molecule has 1 aromatic heterocycles. The lowest BCUT2D eigenvalue weighted by atomic mass is 10.0. The molecule has 2 aromatic carbocycles. The van der Waals surface area contributed by atoms with Gasteiger partial charge in [-0.3, -0.25) is 19.5 Å². The average Bonchev–Trinajstić information content (AvgIpc) is 3.60. The molecule has 2 amide bonds. The molecule has 0 radical (unpaired) electrons. The zero-order chi connectivity index (χ0) is 26.8. The van der Waals surface area contributed by atoms with Crippen molar-refractivity contribution < 1.29 is 27.9 Å². The lowest BCUT2D eigenvalue weighted by Crippen LogP contribution is -2.49. The summed E-state index contributed by atoms with van der Waals surface area (Å²) in [7, 11) is 1.60. The van der Waals surface area contributed by atoms with E-state index in [1.807, 2.05) is 12.1 Å². The van der Waals surface area contributed by atoms with Gasteiger partial charge in [-0.2, -0.15) is 0 Å². The summed E-state index contributed by atoms with van der Waals surface area (Å²) in [5, 5.41) is 9.03. The molecule has 2 heterocycles. The summed E-state index contributed by atoms with van der Waals surface area (Å²) >= 11 is 0. The van der Waals surface area contributed by atoms with Crippen LogP contribution in [0.25, 0.3) is 0 Å². The quantitative estimate of drug-likeness (QED) is 0.445. The van der Waals surface area contributed by atoms with E-state index in [2.05, 4.69) is 20.5 Å². The topological polar surface area (TPSA) is 117 Å². The summed E-state index contributed by atoms with van der Waals surface area (Å²) < 4.78 is 32.9. The fourth-order valence-corrected chi connectivity index (χ4v) is 4.38.